The van der Waals surface area contributed by atoms with Crippen LogP contribution in [0.2, 0.25) is 0 Å². The van der Waals surface area contributed by atoms with Gasteiger partial charge in [-0.05, 0) is 37.5 Å². The first-order valence-electron chi connectivity index (χ1n) is 9.17. The summed E-state index contributed by atoms with van der Waals surface area (Å²) in [6, 6.07) is 4.95. The van der Waals surface area contributed by atoms with Crippen LogP contribution >= 0.6 is 0 Å². The first kappa shape index (κ1) is 16.7. The van der Waals surface area contributed by atoms with Crippen molar-refractivity contribution >= 4 is 0 Å². The molecule has 0 bridgehead atoms. The van der Waals surface area contributed by atoms with Crippen LogP contribution in [0.15, 0.2) is 30.7 Å². The number of hydrogen-bond acceptors (Lipinski definition) is 5. The monoisotopic (exact) mass is 342 g/mol. The standard InChI is InChI=1S/C19H26N4O2/c1-15-19-21-12-18(14-25-13-16-2-6-20-7-3-16)23(19)9-8-22(15)17-4-10-24-11-5-17/h2-3,6-7,12,15,17H,4-5,8-11,13-14H2,1H3/t15-/m0/s1. The fraction of sp³-hybridized carbons (Fsp3) is 0.579. The second kappa shape index (κ2) is 7.64. The molecule has 0 spiro atoms. The summed E-state index contributed by atoms with van der Waals surface area (Å²) in [6.45, 7) is 7.31. The Labute approximate surface area is 148 Å². The molecule has 1 atom stereocenters. The Balaban J connectivity index is 1.39. The van der Waals surface area contributed by atoms with Gasteiger partial charge < -0.3 is 14.0 Å². The van der Waals surface area contributed by atoms with Crippen LogP contribution in [0, 0.1) is 0 Å². The van der Waals surface area contributed by atoms with Crippen LogP contribution in [0.3, 0.4) is 0 Å². The first-order chi connectivity index (χ1) is 12.3. The molecule has 0 saturated carbocycles. The van der Waals surface area contributed by atoms with Gasteiger partial charge in [0, 0.05) is 44.7 Å². The lowest BCUT2D eigenvalue weighted by Gasteiger charge is -2.41. The third kappa shape index (κ3) is 3.61. The average Bonchev–Trinajstić information content (AvgIpc) is 3.08. The molecule has 2 aromatic heterocycles. The van der Waals surface area contributed by atoms with E-state index in [4.69, 9.17) is 14.5 Å². The fourth-order valence-corrected chi connectivity index (χ4v) is 3.96. The highest BCUT2D eigenvalue weighted by Crippen LogP contribution is 2.30. The SMILES string of the molecule is C[C@H]1c2ncc(COCc3ccncc3)n2CCN1C1CCOCC1. The zero-order valence-corrected chi connectivity index (χ0v) is 14.8. The van der Waals surface area contributed by atoms with Crippen molar-refractivity contribution in [3.63, 3.8) is 0 Å². The molecule has 1 fully saturated rings. The number of rotatable bonds is 5. The Bertz CT molecular complexity index is 682. The van der Waals surface area contributed by atoms with E-state index in [1.165, 1.54) is 11.5 Å². The maximum Gasteiger partial charge on any atom is 0.126 e. The van der Waals surface area contributed by atoms with Gasteiger partial charge in [-0.2, -0.15) is 0 Å². The second-order valence-electron chi connectivity index (χ2n) is 6.86. The molecule has 6 heteroatoms. The van der Waals surface area contributed by atoms with Gasteiger partial charge in [-0.15, -0.1) is 0 Å². The normalized spacial score (nSPS) is 22.0. The van der Waals surface area contributed by atoms with Gasteiger partial charge in [-0.3, -0.25) is 9.88 Å². The fourth-order valence-electron chi connectivity index (χ4n) is 3.96. The quantitative estimate of drug-likeness (QED) is 0.836. The van der Waals surface area contributed by atoms with Crippen molar-refractivity contribution in [2.45, 2.75) is 51.6 Å². The molecule has 4 rings (SSSR count). The molecule has 0 N–H and O–H groups in total. The zero-order valence-electron chi connectivity index (χ0n) is 14.8. The molecule has 0 aromatic carbocycles. The van der Waals surface area contributed by atoms with Crippen molar-refractivity contribution in [3.8, 4) is 0 Å². The van der Waals surface area contributed by atoms with E-state index in [1.807, 2.05) is 18.3 Å². The smallest absolute Gasteiger partial charge is 0.126 e. The highest BCUT2D eigenvalue weighted by molar-refractivity contribution is 5.12. The molecule has 0 radical (unpaired) electrons. The molecule has 2 aliphatic rings. The van der Waals surface area contributed by atoms with E-state index in [9.17, 15) is 0 Å². The molecule has 0 unspecified atom stereocenters. The number of pyridine rings is 1. The van der Waals surface area contributed by atoms with Crippen LogP contribution in [0.1, 0.15) is 42.9 Å². The second-order valence-corrected chi connectivity index (χ2v) is 6.86. The van der Waals surface area contributed by atoms with Crippen LogP contribution < -0.4 is 0 Å². The van der Waals surface area contributed by atoms with E-state index >= 15 is 0 Å². The molecular formula is C19H26N4O2. The summed E-state index contributed by atoms with van der Waals surface area (Å²) < 4.78 is 13.7. The number of ether oxygens (including phenoxy) is 2. The summed E-state index contributed by atoms with van der Waals surface area (Å²) in [5.74, 6) is 1.17. The Hall–Kier alpha value is -1.76. The number of fused-ring (bicyclic) bond motifs is 1. The molecule has 0 amide bonds. The lowest BCUT2D eigenvalue weighted by molar-refractivity contribution is 0.00801. The van der Waals surface area contributed by atoms with Crippen molar-refractivity contribution in [2.24, 2.45) is 0 Å². The van der Waals surface area contributed by atoms with E-state index in [2.05, 4.69) is 21.4 Å². The summed E-state index contributed by atoms with van der Waals surface area (Å²) in [5.41, 5.74) is 2.31. The van der Waals surface area contributed by atoms with Crippen molar-refractivity contribution < 1.29 is 9.47 Å². The number of hydrogen-bond donors (Lipinski definition) is 0. The minimum absolute atomic E-state index is 0.353. The third-order valence-electron chi connectivity index (χ3n) is 5.35. The first-order valence-corrected chi connectivity index (χ1v) is 9.17. The van der Waals surface area contributed by atoms with Gasteiger partial charge >= 0.3 is 0 Å². The van der Waals surface area contributed by atoms with Gasteiger partial charge in [0.1, 0.15) is 5.82 Å². The van der Waals surface area contributed by atoms with E-state index < -0.39 is 0 Å². The molecular weight excluding hydrogens is 316 g/mol. The van der Waals surface area contributed by atoms with Gasteiger partial charge in [0.05, 0.1) is 31.1 Å². The Morgan fingerprint density at radius 2 is 1.96 bits per heavy atom. The summed E-state index contributed by atoms with van der Waals surface area (Å²) in [7, 11) is 0. The van der Waals surface area contributed by atoms with Gasteiger partial charge in [0.25, 0.3) is 0 Å². The van der Waals surface area contributed by atoms with Gasteiger partial charge in [-0.25, -0.2) is 4.98 Å². The van der Waals surface area contributed by atoms with Crippen molar-refractivity contribution in [3.05, 3.63) is 47.8 Å². The molecule has 2 aromatic rings. The van der Waals surface area contributed by atoms with Crippen molar-refractivity contribution in [2.75, 3.05) is 19.8 Å². The number of nitrogens with zero attached hydrogens (tertiary/aromatic N) is 4. The summed E-state index contributed by atoms with van der Waals surface area (Å²) in [4.78, 5) is 11.3. The summed E-state index contributed by atoms with van der Waals surface area (Å²) >= 11 is 0. The molecule has 2 aliphatic heterocycles. The molecule has 6 nitrogen and oxygen atoms in total. The van der Waals surface area contributed by atoms with E-state index in [-0.39, 0.29) is 0 Å². The summed E-state index contributed by atoms with van der Waals surface area (Å²) in [6.07, 6.45) is 7.84. The maximum atomic E-state index is 5.89. The third-order valence-corrected chi connectivity index (χ3v) is 5.35. The van der Waals surface area contributed by atoms with Crippen LogP contribution in [0.5, 0.6) is 0 Å². The Morgan fingerprint density at radius 1 is 1.16 bits per heavy atom. The maximum absolute atomic E-state index is 5.89. The van der Waals surface area contributed by atoms with Crippen LogP contribution in [-0.2, 0) is 29.2 Å². The average molecular weight is 342 g/mol. The van der Waals surface area contributed by atoms with Crippen LogP contribution in [0.25, 0.3) is 0 Å². The minimum atomic E-state index is 0.353. The summed E-state index contributed by atoms with van der Waals surface area (Å²) in [5, 5.41) is 0. The molecule has 0 aliphatic carbocycles. The predicted molar refractivity (Wildman–Crippen MR) is 93.9 cm³/mol. The predicted octanol–water partition coefficient (Wildman–Crippen LogP) is 2.55. The Morgan fingerprint density at radius 3 is 2.76 bits per heavy atom. The number of aromatic nitrogens is 3. The van der Waals surface area contributed by atoms with Gasteiger partial charge in [-0.1, -0.05) is 0 Å². The minimum Gasteiger partial charge on any atom is -0.381 e. The van der Waals surface area contributed by atoms with Gasteiger partial charge in [0.2, 0.25) is 0 Å². The topological polar surface area (TPSA) is 52.4 Å². The zero-order chi connectivity index (χ0) is 17.1. The van der Waals surface area contributed by atoms with E-state index in [0.717, 1.165) is 44.7 Å². The lowest BCUT2D eigenvalue weighted by atomic mass is 10.0. The van der Waals surface area contributed by atoms with E-state index in [1.54, 1.807) is 12.4 Å². The lowest BCUT2D eigenvalue weighted by Crippen LogP contribution is -2.46. The van der Waals surface area contributed by atoms with Crippen LogP contribution in [-0.4, -0.2) is 45.2 Å². The highest BCUT2D eigenvalue weighted by atomic mass is 16.5. The highest BCUT2D eigenvalue weighted by Gasteiger charge is 2.32. The van der Waals surface area contributed by atoms with Gasteiger partial charge in [0.15, 0.2) is 0 Å². The largest absolute Gasteiger partial charge is 0.381 e. The number of imidazole rings is 1. The van der Waals surface area contributed by atoms with E-state index in [0.29, 0.717) is 25.3 Å². The van der Waals surface area contributed by atoms with Crippen LogP contribution in [0.4, 0.5) is 0 Å². The molecule has 25 heavy (non-hydrogen) atoms. The Kier molecular flexibility index (Phi) is 5.10. The van der Waals surface area contributed by atoms with Crippen molar-refractivity contribution in [1.82, 2.24) is 19.4 Å². The molecule has 134 valence electrons. The van der Waals surface area contributed by atoms with Crippen molar-refractivity contribution in [1.29, 1.82) is 0 Å². The molecule has 1 saturated heterocycles. The molecule has 4 heterocycles.